The summed E-state index contributed by atoms with van der Waals surface area (Å²) >= 11 is 1.65. The molecule has 0 aliphatic carbocycles. The van der Waals surface area contributed by atoms with Crippen molar-refractivity contribution in [3.63, 3.8) is 0 Å². The van der Waals surface area contributed by atoms with Gasteiger partial charge in [-0.1, -0.05) is 0 Å². The zero-order valence-electron chi connectivity index (χ0n) is 8.63. The highest BCUT2D eigenvalue weighted by molar-refractivity contribution is 7.98. The van der Waals surface area contributed by atoms with Crippen LogP contribution in [0, 0.1) is 0 Å². The van der Waals surface area contributed by atoms with Gasteiger partial charge in [-0.05, 0) is 24.3 Å². The lowest BCUT2D eigenvalue weighted by Gasteiger charge is -1.94. The Morgan fingerprint density at radius 2 is 2.31 bits per heavy atom. The monoisotopic (exact) mass is 240 g/mol. The first kappa shape index (κ1) is 11.2. The highest BCUT2D eigenvalue weighted by Crippen LogP contribution is 2.20. The van der Waals surface area contributed by atoms with Crippen LogP contribution in [-0.2, 0) is 5.75 Å². The van der Waals surface area contributed by atoms with Gasteiger partial charge < -0.3 is 13.9 Å². The van der Waals surface area contributed by atoms with Crippen LogP contribution in [0.25, 0.3) is 11.7 Å². The minimum atomic E-state index is 0.217. The Kier molecular flexibility index (Phi) is 4.01. The van der Waals surface area contributed by atoms with Crippen LogP contribution in [0.1, 0.15) is 12.3 Å². The number of hydrogen-bond acceptors (Lipinski definition) is 6. The van der Waals surface area contributed by atoms with Crippen molar-refractivity contribution >= 4 is 11.8 Å². The Labute approximate surface area is 96.9 Å². The third kappa shape index (κ3) is 2.86. The normalized spacial score (nSPS) is 10.8. The molecule has 86 valence electrons. The molecule has 0 fully saturated rings. The summed E-state index contributed by atoms with van der Waals surface area (Å²) in [4.78, 5) is 0. The van der Waals surface area contributed by atoms with Gasteiger partial charge in [0.25, 0.3) is 5.89 Å². The molecule has 0 aliphatic heterocycles. The molecule has 0 aliphatic rings. The number of thioether (sulfide) groups is 1. The van der Waals surface area contributed by atoms with Gasteiger partial charge in [-0.3, -0.25) is 0 Å². The van der Waals surface area contributed by atoms with E-state index in [1.807, 2.05) is 0 Å². The van der Waals surface area contributed by atoms with Crippen LogP contribution in [0.3, 0.4) is 0 Å². The second-order valence-electron chi connectivity index (χ2n) is 3.11. The van der Waals surface area contributed by atoms with E-state index in [1.54, 1.807) is 30.2 Å². The molecule has 0 bridgehead atoms. The van der Waals surface area contributed by atoms with Crippen molar-refractivity contribution in [1.29, 1.82) is 0 Å². The predicted octanol–water partition coefficient (Wildman–Crippen LogP) is 1.95. The SMILES string of the molecule is OCCCSCc1nnc(-c2ccco2)o1. The van der Waals surface area contributed by atoms with Crippen molar-refractivity contribution < 1.29 is 13.9 Å². The lowest BCUT2D eigenvalue weighted by molar-refractivity contribution is 0.296. The molecule has 2 rings (SSSR count). The number of nitrogens with zero attached hydrogens (tertiary/aromatic N) is 2. The summed E-state index contributed by atoms with van der Waals surface area (Å²) in [6, 6.07) is 3.55. The molecule has 6 heteroatoms. The highest BCUT2D eigenvalue weighted by atomic mass is 32.2. The van der Waals surface area contributed by atoms with Gasteiger partial charge in [0.05, 0.1) is 12.0 Å². The summed E-state index contributed by atoms with van der Waals surface area (Å²) in [7, 11) is 0. The molecule has 2 heterocycles. The van der Waals surface area contributed by atoms with Crippen molar-refractivity contribution in [2.45, 2.75) is 12.2 Å². The van der Waals surface area contributed by atoms with Gasteiger partial charge in [-0.2, -0.15) is 11.8 Å². The van der Waals surface area contributed by atoms with Crippen LogP contribution in [-0.4, -0.2) is 27.7 Å². The third-order valence-corrected chi connectivity index (χ3v) is 2.90. The minimum Gasteiger partial charge on any atom is -0.459 e. The van der Waals surface area contributed by atoms with Crippen molar-refractivity contribution in [3.8, 4) is 11.7 Å². The second kappa shape index (κ2) is 5.72. The molecule has 0 saturated carbocycles. The molecule has 0 amide bonds. The Hall–Kier alpha value is -1.27. The predicted molar refractivity (Wildman–Crippen MR) is 59.9 cm³/mol. The Bertz CT molecular complexity index is 413. The fourth-order valence-corrected chi connectivity index (χ4v) is 1.91. The molecule has 0 saturated heterocycles. The van der Waals surface area contributed by atoms with Crippen molar-refractivity contribution in [3.05, 3.63) is 24.3 Å². The molecular weight excluding hydrogens is 228 g/mol. The first-order valence-corrected chi connectivity index (χ1v) is 6.10. The lowest BCUT2D eigenvalue weighted by Crippen LogP contribution is -1.87. The second-order valence-corrected chi connectivity index (χ2v) is 4.21. The summed E-state index contributed by atoms with van der Waals surface area (Å²) in [5.74, 6) is 3.11. The number of aromatic nitrogens is 2. The van der Waals surface area contributed by atoms with E-state index in [9.17, 15) is 0 Å². The number of aliphatic hydroxyl groups is 1. The van der Waals surface area contributed by atoms with E-state index in [-0.39, 0.29) is 6.61 Å². The Balaban J connectivity index is 1.88. The first-order chi connectivity index (χ1) is 7.90. The van der Waals surface area contributed by atoms with E-state index in [0.717, 1.165) is 12.2 Å². The zero-order valence-corrected chi connectivity index (χ0v) is 9.44. The summed E-state index contributed by atoms with van der Waals surface area (Å²) in [6.07, 6.45) is 2.35. The van der Waals surface area contributed by atoms with Crippen LogP contribution in [0.5, 0.6) is 0 Å². The lowest BCUT2D eigenvalue weighted by atomic mass is 10.5. The molecule has 0 atom stereocenters. The van der Waals surface area contributed by atoms with Gasteiger partial charge in [0.15, 0.2) is 5.76 Å². The van der Waals surface area contributed by atoms with Crippen LogP contribution in [0.2, 0.25) is 0 Å². The quantitative estimate of drug-likeness (QED) is 0.778. The average Bonchev–Trinajstić information content (AvgIpc) is 2.94. The van der Waals surface area contributed by atoms with Crippen LogP contribution >= 0.6 is 11.8 Å². The first-order valence-electron chi connectivity index (χ1n) is 4.95. The van der Waals surface area contributed by atoms with Crippen molar-refractivity contribution in [2.75, 3.05) is 12.4 Å². The number of aliphatic hydroxyl groups excluding tert-OH is 1. The largest absolute Gasteiger partial charge is 0.459 e. The fourth-order valence-electron chi connectivity index (χ4n) is 1.14. The van der Waals surface area contributed by atoms with E-state index < -0.39 is 0 Å². The summed E-state index contributed by atoms with van der Waals surface area (Å²) in [5, 5.41) is 16.4. The maximum atomic E-state index is 8.62. The van der Waals surface area contributed by atoms with Gasteiger partial charge in [0.2, 0.25) is 5.89 Å². The molecule has 5 nitrogen and oxygen atoms in total. The maximum absolute atomic E-state index is 8.62. The van der Waals surface area contributed by atoms with Gasteiger partial charge >= 0.3 is 0 Å². The van der Waals surface area contributed by atoms with Crippen LogP contribution < -0.4 is 0 Å². The number of rotatable bonds is 6. The topological polar surface area (TPSA) is 72.3 Å². The van der Waals surface area contributed by atoms with E-state index in [4.69, 9.17) is 13.9 Å². The Morgan fingerprint density at radius 3 is 3.06 bits per heavy atom. The summed E-state index contributed by atoms with van der Waals surface area (Å²) < 4.78 is 10.5. The molecule has 0 radical (unpaired) electrons. The van der Waals surface area contributed by atoms with E-state index >= 15 is 0 Å². The van der Waals surface area contributed by atoms with Crippen LogP contribution in [0.4, 0.5) is 0 Å². The minimum absolute atomic E-state index is 0.217. The molecular formula is C10H12N2O3S. The van der Waals surface area contributed by atoms with Crippen molar-refractivity contribution in [2.24, 2.45) is 0 Å². The van der Waals surface area contributed by atoms with E-state index in [1.165, 1.54) is 0 Å². The van der Waals surface area contributed by atoms with Gasteiger partial charge in [-0.25, -0.2) is 0 Å². The molecule has 2 aromatic rings. The molecule has 2 aromatic heterocycles. The van der Waals surface area contributed by atoms with Gasteiger partial charge in [0, 0.05) is 6.61 Å². The summed E-state index contributed by atoms with van der Waals surface area (Å²) in [6.45, 7) is 0.217. The Morgan fingerprint density at radius 1 is 1.38 bits per heavy atom. The molecule has 1 N–H and O–H groups in total. The summed E-state index contributed by atoms with van der Waals surface area (Å²) in [5.41, 5.74) is 0. The molecule has 0 aromatic carbocycles. The highest BCUT2D eigenvalue weighted by Gasteiger charge is 2.10. The van der Waals surface area contributed by atoms with Gasteiger partial charge in [0.1, 0.15) is 0 Å². The van der Waals surface area contributed by atoms with E-state index in [0.29, 0.717) is 23.3 Å². The third-order valence-electron chi connectivity index (χ3n) is 1.87. The fraction of sp³-hybridized carbons (Fsp3) is 0.400. The standard InChI is InChI=1S/C10H12N2O3S/c13-4-2-6-16-7-9-11-12-10(15-9)8-3-1-5-14-8/h1,3,5,13H,2,4,6-7H2. The van der Waals surface area contributed by atoms with Gasteiger partial charge in [-0.15, -0.1) is 10.2 Å². The maximum Gasteiger partial charge on any atom is 0.283 e. The number of furan rings is 1. The van der Waals surface area contributed by atoms with Crippen molar-refractivity contribution in [1.82, 2.24) is 10.2 Å². The smallest absolute Gasteiger partial charge is 0.283 e. The average molecular weight is 240 g/mol. The molecule has 0 spiro atoms. The zero-order chi connectivity index (χ0) is 11.2. The molecule has 16 heavy (non-hydrogen) atoms. The van der Waals surface area contributed by atoms with Crippen LogP contribution in [0.15, 0.2) is 27.2 Å². The van der Waals surface area contributed by atoms with E-state index in [2.05, 4.69) is 10.2 Å². The molecule has 0 unspecified atom stereocenters. The number of hydrogen-bond donors (Lipinski definition) is 1.